The van der Waals surface area contributed by atoms with E-state index < -0.39 is 25.9 Å². The Labute approximate surface area is 120 Å². The Morgan fingerprint density at radius 3 is 2.40 bits per heavy atom. The van der Waals surface area contributed by atoms with Crippen LogP contribution >= 0.6 is 0 Å². The van der Waals surface area contributed by atoms with Crippen LogP contribution in [-0.2, 0) is 0 Å². The van der Waals surface area contributed by atoms with Crippen molar-refractivity contribution in [2.75, 3.05) is 6.54 Å². The van der Waals surface area contributed by atoms with Crippen LogP contribution in [0.5, 0.6) is 5.75 Å². The fraction of sp³-hybridized carbons (Fsp3) is 0.571. The normalized spacial score (nSPS) is 13.9. The van der Waals surface area contributed by atoms with Crippen molar-refractivity contribution in [3.05, 3.63) is 39.9 Å². The highest BCUT2D eigenvalue weighted by Crippen LogP contribution is 2.39. The molecule has 1 N–H and O–H groups in total. The van der Waals surface area contributed by atoms with E-state index in [1.54, 1.807) is 18.2 Å². The number of hydrogen-bond donors (Lipinski definition) is 1. The van der Waals surface area contributed by atoms with Gasteiger partial charge < -0.3 is 9.53 Å². The quantitative estimate of drug-likeness (QED) is 0.513. The number of aliphatic hydroxyl groups excluding tert-OH is 1. The van der Waals surface area contributed by atoms with E-state index in [0.29, 0.717) is 11.3 Å². The molecule has 0 heterocycles. The van der Waals surface area contributed by atoms with Gasteiger partial charge in [0.15, 0.2) is 0 Å². The molecule has 0 bridgehead atoms. The summed E-state index contributed by atoms with van der Waals surface area (Å²) in [5.41, 5.74) is 0.481. The summed E-state index contributed by atoms with van der Waals surface area (Å²) in [7, 11) is -2.04. The van der Waals surface area contributed by atoms with E-state index in [-0.39, 0.29) is 5.04 Å². The summed E-state index contributed by atoms with van der Waals surface area (Å²) < 4.78 is 6.16. The summed E-state index contributed by atoms with van der Waals surface area (Å²) in [6.07, 6.45) is -1.15. The molecule has 0 radical (unpaired) electrons. The number of aliphatic hydroxyl groups is 1. The molecular weight excluding hydrogens is 274 g/mol. The average Bonchev–Trinajstić information content (AvgIpc) is 2.26. The number of nitro groups is 1. The first-order chi connectivity index (χ1) is 9.04. The second-order valence-corrected chi connectivity index (χ2v) is 11.2. The first-order valence-corrected chi connectivity index (χ1v) is 9.53. The van der Waals surface area contributed by atoms with Gasteiger partial charge in [0, 0.05) is 10.5 Å². The highest BCUT2D eigenvalue weighted by atomic mass is 28.4. The molecule has 112 valence electrons. The second-order valence-electron chi connectivity index (χ2n) is 6.43. The van der Waals surface area contributed by atoms with E-state index in [9.17, 15) is 15.2 Å². The zero-order valence-corrected chi connectivity index (χ0v) is 13.7. The Morgan fingerprint density at radius 1 is 1.35 bits per heavy atom. The molecule has 1 rings (SSSR count). The van der Waals surface area contributed by atoms with Crippen LogP contribution in [0.15, 0.2) is 24.3 Å². The van der Waals surface area contributed by atoms with Gasteiger partial charge in [-0.25, -0.2) is 0 Å². The van der Waals surface area contributed by atoms with Gasteiger partial charge in [-0.1, -0.05) is 39.0 Å². The van der Waals surface area contributed by atoms with Crippen LogP contribution in [0.4, 0.5) is 0 Å². The van der Waals surface area contributed by atoms with Crippen LogP contribution in [0.25, 0.3) is 0 Å². The summed E-state index contributed by atoms with van der Waals surface area (Å²) in [6, 6.07) is 7.00. The highest BCUT2D eigenvalue weighted by Gasteiger charge is 2.39. The molecule has 0 saturated heterocycles. The van der Waals surface area contributed by atoms with Crippen molar-refractivity contribution in [3.63, 3.8) is 0 Å². The van der Waals surface area contributed by atoms with Crippen LogP contribution in [0.2, 0.25) is 18.1 Å². The van der Waals surface area contributed by atoms with Crippen molar-refractivity contribution in [3.8, 4) is 5.75 Å². The number of para-hydroxylation sites is 1. The van der Waals surface area contributed by atoms with Crippen molar-refractivity contribution in [1.82, 2.24) is 0 Å². The number of hydrogen-bond acceptors (Lipinski definition) is 4. The Hall–Kier alpha value is -1.40. The van der Waals surface area contributed by atoms with Gasteiger partial charge in [-0.3, -0.25) is 10.1 Å². The summed E-state index contributed by atoms with van der Waals surface area (Å²) in [4.78, 5) is 10.0. The Kier molecular flexibility index (Phi) is 4.93. The maximum absolute atomic E-state index is 10.6. The van der Waals surface area contributed by atoms with Crippen molar-refractivity contribution >= 4 is 8.32 Å². The molecule has 0 aromatic heterocycles. The third kappa shape index (κ3) is 4.04. The largest absolute Gasteiger partial charge is 0.543 e. The molecule has 1 atom stereocenters. The molecule has 1 aromatic rings. The number of benzene rings is 1. The third-order valence-corrected chi connectivity index (χ3v) is 8.11. The molecule has 0 aliphatic carbocycles. The molecule has 0 aliphatic rings. The predicted molar refractivity (Wildman–Crippen MR) is 81.1 cm³/mol. The van der Waals surface area contributed by atoms with E-state index in [2.05, 4.69) is 33.9 Å². The third-order valence-electron chi connectivity index (χ3n) is 3.77. The molecule has 0 aliphatic heterocycles. The maximum Gasteiger partial charge on any atom is 0.250 e. The smallest absolute Gasteiger partial charge is 0.250 e. The monoisotopic (exact) mass is 297 g/mol. The molecule has 0 amide bonds. The second kappa shape index (κ2) is 5.93. The fourth-order valence-electron chi connectivity index (χ4n) is 1.52. The summed E-state index contributed by atoms with van der Waals surface area (Å²) in [6.45, 7) is 10.0. The standard InChI is InChI=1S/C14H23NO4Si/c1-14(2,3)20(4,5)19-13-9-7-6-8-11(13)12(16)10-15(17)18/h6-9,12,16H,10H2,1-5H3. The van der Waals surface area contributed by atoms with Gasteiger partial charge in [-0.15, -0.1) is 0 Å². The lowest BCUT2D eigenvalue weighted by Gasteiger charge is -2.37. The van der Waals surface area contributed by atoms with Crippen LogP contribution in [0, 0.1) is 10.1 Å². The Bertz CT molecular complexity index is 482. The minimum atomic E-state index is -2.04. The van der Waals surface area contributed by atoms with Crippen molar-refractivity contribution in [2.45, 2.75) is 45.0 Å². The predicted octanol–water partition coefficient (Wildman–Crippen LogP) is 3.38. The zero-order valence-electron chi connectivity index (χ0n) is 12.7. The van der Waals surface area contributed by atoms with Crippen LogP contribution < -0.4 is 4.43 Å². The Balaban J connectivity index is 3.05. The van der Waals surface area contributed by atoms with Crippen molar-refractivity contribution in [2.24, 2.45) is 0 Å². The highest BCUT2D eigenvalue weighted by molar-refractivity contribution is 6.74. The molecular formula is C14H23NO4Si. The lowest BCUT2D eigenvalue weighted by molar-refractivity contribution is -0.491. The molecule has 6 heteroatoms. The fourth-order valence-corrected chi connectivity index (χ4v) is 2.56. The zero-order chi connectivity index (χ0) is 15.6. The van der Waals surface area contributed by atoms with Gasteiger partial charge in [-0.2, -0.15) is 0 Å². The van der Waals surface area contributed by atoms with E-state index in [4.69, 9.17) is 4.43 Å². The Morgan fingerprint density at radius 2 is 1.90 bits per heavy atom. The van der Waals surface area contributed by atoms with E-state index >= 15 is 0 Å². The van der Waals surface area contributed by atoms with Crippen molar-refractivity contribution < 1.29 is 14.5 Å². The van der Waals surface area contributed by atoms with Crippen molar-refractivity contribution in [1.29, 1.82) is 0 Å². The van der Waals surface area contributed by atoms with Crippen LogP contribution in [0.1, 0.15) is 32.4 Å². The molecule has 20 heavy (non-hydrogen) atoms. The van der Waals surface area contributed by atoms with Gasteiger partial charge in [0.2, 0.25) is 14.9 Å². The van der Waals surface area contributed by atoms with Gasteiger partial charge in [0.1, 0.15) is 11.9 Å². The van der Waals surface area contributed by atoms with Gasteiger partial charge >= 0.3 is 0 Å². The lowest BCUT2D eigenvalue weighted by Crippen LogP contribution is -2.44. The summed E-state index contributed by atoms with van der Waals surface area (Å²) in [5, 5.41) is 20.5. The maximum atomic E-state index is 10.6. The number of nitrogens with zero attached hydrogens (tertiary/aromatic N) is 1. The van der Waals surface area contributed by atoms with Crippen LogP contribution in [-0.4, -0.2) is 24.9 Å². The van der Waals surface area contributed by atoms with E-state index in [0.717, 1.165) is 0 Å². The average molecular weight is 297 g/mol. The molecule has 0 fully saturated rings. The van der Waals surface area contributed by atoms with Gasteiger partial charge in [0.05, 0.1) is 0 Å². The summed E-state index contributed by atoms with van der Waals surface area (Å²) >= 11 is 0. The first kappa shape index (κ1) is 16.7. The molecule has 1 aromatic carbocycles. The molecule has 5 nitrogen and oxygen atoms in total. The molecule has 1 unspecified atom stereocenters. The van der Waals surface area contributed by atoms with Gasteiger partial charge in [-0.05, 0) is 24.2 Å². The summed E-state index contributed by atoms with van der Waals surface area (Å²) in [5.74, 6) is 0.549. The molecule has 0 spiro atoms. The minimum absolute atomic E-state index is 0.0220. The van der Waals surface area contributed by atoms with E-state index in [1.807, 2.05) is 6.07 Å². The SMILES string of the molecule is CC(C)(C)[Si](C)(C)Oc1ccccc1C(O)C[N+](=O)[O-]. The van der Waals surface area contributed by atoms with E-state index in [1.165, 1.54) is 0 Å². The minimum Gasteiger partial charge on any atom is -0.543 e. The van der Waals surface area contributed by atoms with Gasteiger partial charge in [0.25, 0.3) is 0 Å². The lowest BCUT2D eigenvalue weighted by atomic mass is 10.1. The topological polar surface area (TPSA) is 72.6 Å². The number of rotatable bonds is 5. The van der Waals surface area contributed by atoms with Crippen LogP contribution in [0.3, 0.4) is 0 Å². The first-order valence-electron chi connectivity index (χ1n) is 6.62. The molecule has 0 saturated carbocycles.